The Kier molecular flexibility index (Phi) is 4.04. The SMILES string of the molecule is Cc1cnc(C2CCc3c(C)cncc3C2)cc1-c1cc2ccccc2n1C. The first kappa shape index (κ1) is 17.2. The molecule has 1 aliphatic rings. The van der Waals surface area contributed by atoms with Crippen LogP contribution in [0, 0.1) is 13.8 Å². The van der Waals surface area contributed by atoms with E-state index in [-0.39, 0.29) is 0 Å². The molecular formula is C25H25N3. The molecule has 0 spiro atoms. The summed E-state index contributed by atoms with van der Waals surface area (Å²) in [5.41, 5.74) is 10.5. The lowest BCUT2D eigenvalue weighted by Gasteiger charge is -2.25. The Labute approximate surface area is 166 Å². The van der Waals surface area contributed by atoms with Gasteiger partial charge in [0.2, 0.25) is 0 Å². The number of para-hydroxylation sites is 1. The second-order valence-corrected chi connectivity index (χ2v) is 8.11. The van der Waals surface area contributed by atoms with Crippen molar-refractivity contribution in [2.24, 2.45) is 7.05 Å². The van der Waals surface area contributed by atoms with Gasteiger partial charge in [-0.15, -0.1) is 0 Å². The smallest absolute Gasteiger partial charge is 0.0492 e. The molecule has 5 rings (SSSR count). The van der Waals surface area contributed by atoms with Crippen LogP contribution < -0.4 is 0 Å². The summed E-state index contributed by atoms with van der Waals surface area (Å²) < 4.78 is 2.30. The summed E-state index contributed by atoms with van der Waals surface area (Å²) in [6.45, 7) is 4.34. The zero-order chi connectivity index (χ0) is 19.3. The maximum absolute atomic E-state index is 4.84. The molecular weight excluding hydrogens is 342 g/mol. The number of nitrogens with zero attached hydrogens (tertiary/aromatic N) is 3. The zero-order valence-corrected chi connectivity index (χ0v) is 16.7. The highest BCUT2D eigenvalue weighted by molar-refractivity contribution is 5.87. The molecule has 3 heteroatoms. The third-order valence-corrected chi connectivity index (χ3v) is 6.34. The van der Waals surface area contributed by atoms with Crippen LogP contribution in [-0.4, -0.2) is 14.5 Å². The maximum Gasteiger partial charge on any atom is 0.0492 e. The van der Waals surface area contributed by atoms with Gasteiger partial charge in [-0.3, -0.25) is 9.97 Å². The van der Waals surface area contributed by atoms with Gasteiger partial charge in [0, 0.05) is 59.4 Å². The van der Waals surface area contributed by atoms with Gasteiger partial charge < -0.3 is 4.57 Å². The highest BCUT2D eigenvalue weighted by Crippen LogP contribution is 2.36. The van der Waals surface area contributed by atoms with Gasteiger partial charge in [0.15, 0.2) is 0 Å². The lowest BCUT2D eigenvalue weighted by atomic mass is 9.81. The Bertz CT molecular complexity index is 1190. The van der Waals surface area contributed by atoms with Crippen molar-refractivity contribution in [2.75, 3.05) is 0 Å². The minimum absolute atomic E-state index is 0.463. The molecule has 0 N–H and O–H groups in total. The first-order valence-electron chi connectivity index (χ1n) is 10.1. The van der Waals surface area contributed by atoms with Crippen LogP contribution in [0.25, 0.3) is 22.2 Å². The Hall–Kier alpha value is -2.94. The first-order valence-corrected chi connectivity index (χ1v) is 10.1. The van der Waals surface area contributed by atoms with E-state index in [1.165, 1.54) is 50.1 Å². The summed E-state index contributed by atoms with van der Waals surface area (Å²) in [7, 11) is 2.16. The average molecular weight is 367 g/mol. The molecule has 1 unspecified atom stereocenters. The second-order valence-electron chi connectivity index (χ2n) is 8.11. The molecule has 1 atom stereocenters. The Balaban J connectivity index is 1.56. The van der Waals surface area contributed by atoms with E-state index in [9.17, 15) is 0 Å². The van der Waals surface area contributed by atoms with Gasteiger partial charge in [-0.25, -0.2) is 0 Å². The molecule has 1 aliphatic carbocycles. The van der Waals surface area contributed by atoms with Gasteiger partial charge in [0.25, 0.3) is 0 Å². The molecule has 0 saturated carbocycles. The van der Waals surface area contributed by atoms with Crippen LogP contribution in [0.5, 0.6) is 0 Å². The number of pyridine rings is 2. The van der Waals surface area contributed by atoms with E-state index in [1.807, 2.05) is 18.6 Å². The summed E-state index contributed by atoms with van der Waals surface area (Å²) in [6.07, 6.45) is 9.39. The van der Waals surface area contributed by atoms with Crippen molar-refractivity contribution in [3.8, 4) is 11.3 Å². The van der Waals surface area contributed by atoms with Crippen LogP contribution in [0.15, 0.2) is 55.0 Å². The lowest BCUT2D eigenvalue weighted by molar-refractivity contribution is 0.567. The molecule has 0 bridgehead atoms. The number of rotatable bonds is 2. The van der Waals surface area contributed by atoms with Crippen molar-refractivity contribution in [2.45, 2.75) is 39.0 Å². The Morgan fingerprint density at radius 3 is 2.71 bits per heavy atom. The van der Waals surface area contributed by atoms with Crippen molar-refractivity contribution in [1.29, 1.82) is 0 Å². The van der Waals surface area contributed by atoms with Crippen molar-refractivity contribution in [3.63, 3.8) is 0 Å². The number of fused-ring (bicyclic) bond motifs is 2. The molecule has 3 heterocycles. The molecule has 3 aromatic heterocycles. The second kappa shape index (κ2) is 6.59. The van der Waals surface area contributed by atoms with Gasteiger partial charge in [0.05, 0.1) is 0 Å². The zero-order valence-electron chi connectivity index (χ0n) is 16.7. The normalized spacial score (nSPS) is 16.3. The van der Waals surface area contributed by atoms with Crippen LogP contribution in [0.1, 0.15) is 40.3 Å². The van der Waals surface area contributed by atoms with Crippen molar-refractivity contribution < 1.29 is 0 Å². The fraction of sp³-hybridized carbons (Fsp3) is 0.280. The number of hydrogen-bond donors (Lipinski definition) is 0. The molecule has 4 aromatic rings. The summed E-state index contributed by atoms with van der Waals surface area (Å²) in [5.74, 6) is 0.463. The predicted molar refractivity (Wildman–Crippen MR) is 115 cm³/mol. The highest BCUT2D eigenvalue weighted by atomic mass is 14.9. The summed E-state index contributed by atoms with van der Waals surface area (Å²) in [5, 5.41) is 1.28. The molecule has 1 aromatic carbocycles. The largest absolute Gasteiger partial charge is 0.344 e. The van der Waals surface area contributed by atoms with Gasteiger partial charge >= 0.3 is 0 Å². The monoisotopic (exact) mass is 367 g/mol. The Morgan fingerprint density at radius 1 is 1.00 bits per heavy atom. The molecule has 0 aliphatic heterocycles. The fourth-order valence-electron chi connectivity index (χ4n) is 4.71. The van der Waals surface area contributed by atoms with Crippen LogP contribution >= 0.6 is 0 Å². The molecule has 0 amide bonds. The van der Waals surface area contributed by atoms with Crippen molar-refractivity contribution in [1.82, 2.24) is 14.5 Å². The number of aromatic nitrogens is 3. The average Bonchev–Trinajstić information content (AvgIpc) is 3.05. The standard InChI is InChI=1S/C25H25N3/c1-16-13-26-15-20-10-18(8-9-21(16)20)23-12-22(17(2)14-27-23)25-11-19-6-4-5-7-24(19)28(25)3/h4-7,11-15,18H,8-10H2,1-3H3. The minimum atomic E-state index is 0.463. The van der Waals surface area contributed by atoms with E-state index in [0.29, 0.717) is 5.92 Å². The van der Waals surface area contributed by atoms with Gasteiger partial charge in [-0.2, -0.15) is 0 Å². The lowest BCUT2D eigenvalue weighted by Crippen LogP contribution is -2.15. The first-order chi connectivity index (χ1) is 13.6. The number of benzene rings is 1. The van der Waals surface area contributed by atoms with E-state index in [0.717, 1.165) is 19.3 Å². The molecule has 3 nitrogen and oxygen atoms in total. The van der Waals surface area contributed by atoms with Crippen LogP contribution in [0.3, 0.4) is 0 Å². The van der Waals surface area contributed by atoms with Crippen molar-refractivity contribution in [3.05, 3.63) is 82.9 Å². The van der Waals surface area contributed by atoms with E-state index in [2.05, 4.69) is 66.8 Å². The highest BCUT2D eigenvalue weighted by Gasteiger charge is 2.23. The predicted octanol–water partition coefficient (Wildman–Crippen LogP) is 5.52. The third-order valence-electron chi connectivity index (χ3n) is 6.34. The molecule has 0 fully saturated rings. The van der Waals surface area contributed by atoms with E-state index in [1.54, 1.807) is 0 Å². The molecule has 0 radical (unpaired) electrons. The Morgan fingerprint density at radius 2 is 1.86 bits per heavy atom. The summed E-state index contributed by atoms with van der Waals surface area (Å²) in [6, 6.07) is 13.2. The van der Waals surface area contributed by atoms with Gasteiger partial charge in [-0.05, 0) is 73.6 Å². The van der Waals surface area contributed by atoms with E-state index < -0.39 is 0 Å². The van der Waals surface area contributed by atoms with Crippen molar-refractivity contribution >= 4 is 10.9 Å². The third kappa shape index (κ3) is 2.73. The molecule has 140 valence electrons. The summed E-state index contributed by atoms with van der Waals surface area (Å²) in [4.78, 5) is 9.25. The van der Waals surface area contributed by atoms with Crippen LogP contribution in [-0.2, 0) is 19.9 Å². The van der Waals surface area contributed by atoms with Crippen LogP contribution in [0.4, 0.5) is 0 Å². The molecule has 0 saturated heterocycles. The fourth-order valence-corrected chi connectivity index (χ4v) is 4.71. The quantitative estimate of drug-likeness (QED) is 0.467. The minimum Gasteiger partial charge on any atom is -0.344 e. The maximum atomic E-state index is 4.84. The van der Waals surface area contributed by atoms with E-state index >= 15 is 0 Å². The number of aryl methyl sites for hydroxylation is 3. The number of hydrogen-bond acceptors (Lipinski definition) is 2. The van der Waals surface area contributed by atoms with E-state index in [4.69, 9.17) is 4.98 Å². The van der Waals surface area contributed by atoms with Gasteiger partial charge in [0.1, 0.15) is 0 Å². The van der Waals surface area contributed by atoms with Crippen LogP contribution in [0.2, 0.25) is 0 Å². The summed E-state index contributed by atoms with van der Waals surface area (Å²) >= 11 is 0. The topological polar surface area (TPSA) is 30.7 Å². The molecule has 28 heavy (non-hydrogen) atoms. The van der Waals surface area contributed by atoms with Gasteiger partial charge in [-0.1, -0.05) is 18.2 Å².